The molecule has 4 aromatic carbocycles. The monoisotopic (exact) mass is 996 g/mol. The van der Waals surface area contributed by atoms with Crippen LogP contribution in [0.1, 0.15) is 22.8 Å². The van der Waals surface area contributed by atoms with Crippen LogP contribution in [0.4, 0.5) is 87.8 Å². The first-order valence-electron chi connectivity index (χ1n) is 18.2. The quantitative estimate of drug-likeness (QED) is 0.0763. The molecule has 0 radical (unpaired) electrons. The topological polar surface area (TPSA) is 54.0 Å². The largest absolute Gasteiger partial charge is 2.00 e. The van der Waals surface area contributed by atoms with Crippen LogP contribution in [0.3, 0.4) is 0 Å². The maximum Gasteiger partial charge on any atom is 2.00 e. The Labute approximate surface area is 384 Å². The van der Waals surface area contributed by atoms with Crippen LogP contribution in [0.2, 0.25) is 0 Å². The zero-order chi connectivity index (χ0) is 49.3. The van der Waals surface area contributed by atoms with Gasteiger partial charge >= 0.3 is 23.1 Å². The number of nitrogens with zero attached hydrogens (tertiary/aromatic N) is 4. The van der Waals surface area contributed by atoms with Crippen LogP contribution >= 0.6 is 0 Å². The average Bonchev–Trinajstić information content (AvgIpc) is 4.18. The van der Waals surface area contributed by atoms with Gasteiger partial charge < -0.3 is 9.97 Å². The van der Waals surface area contributed by atoms with Gasteiger partial charge in [-0.1, -0.05) is 24.3 Å². The van der Waals surface area contributed by atoms with E-state index in [0.717, 1.165) is 0 Å². The molecule has 0 saturated carbocycles. The van der Waals surface area contributed by atoms with Crippen LogP contribution in [-0.4, -0.2) is 33.0 Å². The third-order valence-corrected chi connectivity index (χ3v) is 10.4. The Hall–Kier alpha value is -7.15. The Bertz CT molecular complexity index is 3120. The van der Waals surface area contributed by atoms with Gasteiger partial charge in [0.25, 0.3) is 0 Å². The maximum absolute atomic E-state index is 15.8. The summed E-state index contributed by atoms with van der Waals surface area (Å²) in [6.45, 7) is 0. The Morgan fingerprint density at radius 1 is 0.217 bits per heavy atom. The molecule has 346 valence electrons. The number of halogens is 20. The standard InChI is InChI=1S/C44H8F20N4.Mg/c45-25-21(26(46)34(54)41(61)33(25)53)17-9-1-2-10(65-9)18(22-27(47)35(55)42(62)36(56)28(22)48)12-5-6-14(67-12)20(24-31(51)39(59)44(64)40(60)32(24)52)16-8-7-15(68-16)19(13-4-3-11(17)66-13)23-29(49)37(57)43(63)38(58)30(23)50;/h1-8H;/q-2;+2. The minimum atomic E-state index is -2.73. The zero-order valence-electron chi connectivity index (χ0n) is 32.7. The predicted octanol–water partition coefficient (Wildman–Crippen LogP) is 13.0. The molecule has 2 aliphatic heterocycles. The Morgan fingerprint density at radius 2 is 0.362 bits per heavy atom. The minimum Gasteiger partial charge on any atom is -0.657 e. The second-order valence-corrected chi connectivity index (χ2v) is 14.1. The summed E-state index contributed by atoms with van der Waals surface area (Å²) in [7, 11) is 0. The molecule has 0 saturated heterocycles. The molecule has 0 spiro atoms. The van der Waals surface area contributed by atoms with Crippen LogP contribution in [0.5, 0.6) is 0 Å². The first kappa shape index (κ1) is 48.3. The van der Waals surface area contributed by atoms with Crippen LogP contribution in [-0.2, 0) is 0 Å². The molecule has 2 aliphatic rings. The molecule has 0 amide bonds. The number of rotatable bonds is 4. The van der Waals surface area contributed by atoms with E-state index in [1.807, 2.05) is 0 Å². The summed E-state index contributed by atoms with van der Waals surface area (Å²) in [5.41, 5.74) is -21.6. The zero-order valence-corrected chi connectivity index (χ0v) is 34.1. The molecule has 0 N–H and O–H groups in total. The van der Waals surface area contributed by atoms with Crippen molar-refractivity contribution >= 4 is 69.4 Å². The molecule has 3 aromatic heterocycles. The van der Waals surface area contributed by atoms with Crippen molar-refractivity contribution in [1.29, 1.82) is 0 Å². The van der Waals surface area contributed by atoms with E-state index in [2.05, 4.69) is 19.9 Å². The van der Waals surface area contributed by atoms with Gasteiger partial charge in [-0.15, -0.1) is 22.1 Å². The fourth-order valence-corrected chi connectivity index (χ4v) is 7.41. The Kier molecular flexibility index (Phi) is 12.0. The van der Waals surface area contributed by atoms with Crippen LogP contribution in [0.25, 0.3) is 90.9 Å². The molecule has 69 heavy (non-hydrogen) atoms. The van der Waals surface area contributed by atoms with Gasteiger partial charge in [0, 0.05) is 0 Å². The second-order valence-electron chi connectivity index (χ2n) is 14.1. The SMILES string of the molecule is Fc1c(F)c(F)c(-c2c3nc(c(-c4c(F)c(F)c(F)c(F)c4F)c4ccc([n-]4)c(-c4c(F)c(F)c(F)c(F)c4F)c4nc(c(-c5c(F)c(F)c(F)c(F)c5F)c5ccc2[n-]5)C=C4)C=C3)c(F)c1F.[Mg+2]. The van der Waals surface area contributed by atoms with Gasteiger partial charge in [-0.05, 0) is 46.6 Å². The fraction of sp³-hybridized carbons (Fsp3) is 0. The van der Waals surface area contributed by atoms with Crippen LogP contribution in [0.15, 0.2) is 24.3 Å². The van der Waals surface area contributed by atoms with Crippen molar-refractivity contribution < 1.29 is 87.8 Å². The van der Waals surface area contributed by atoms with Gasteiger partial charge in [0.1, 0.15) is 0 Å². The molecule has 0 unspecified atom stereocenters. The molecule has 5 heterocycles. The summed E-state index contributed by atoms with van der Waals surface area (Å²) in [5.74, 6) is -53.1. The summed E-state index contributed by atoms with van der Waals surface area (Å²) in [5, 5.41) is 0. The number of benzene rings is 4. The van der Waals surface area contributed by atoms with Crippen LogP contribution in [0, 0.1) is 116 Å². The van der Waals surface area contributed by atoms with Crippen molar-refractivity contribution in [1.82, 2.24) is 19.9 Å². The van der Waals surface area contributed by atoms with Gasteiger partial charge in [0.05, 0.1) is 45.0 Å². The molecule has 0 atom stereocenters. The summed E-state index contributed by atoms with van der Waals surface area (Å²) in [6.07, 6.45) is 2.26. The number of aromatic nitrogens is 4. The van der Waals surface area contributed by atoms with Gasteiger partial charge in [0.15, 0.2) is 93.1 Å². The molecule has 0 aliphatic carbocycles. The van der Waals surface area contributed by atoms with Gasteiger partial charge in [-0.3, -0.25) is 0 Å². The third-order valence-electron chi connectivity index (χ3n) is 10.4. The normalized spacial score (nSPS) is 12.1. The van der Waals surface area contributed by atoms with E-state index in [-0.39, 0.29) is 23.1 Å². The first-order chi connectivity index (χ1) is 32.1. The van der Waals surface area contributed by atoms with Crippen molar-refractivity contribution in [2.45, 2.75) is 0 Å². The van der Waals surface area contributed by atoms with Crippen molar-refractivity contribution in [3.8, 4) is 44.5 Å². The summed E-state index contributed by atoms with van der Waals surface area (Å²) in [6, 6.07) is 2.26. The molecule has 9 rings (SSSR count). The van der Waals surface area contributed by atoms with E-state index in [4.69, 9.17) is 0 Å². The van der Waals surface area contributed by atoms with Crippen molar-refractivity contribution in [3.05, 3.63) is 163 Å². The molecule has 25 heteroatoms. The Balaban J connectivity index is 0.00000642. The molecule has 0 fully saturated rings. The predicted molar refractivity (Wildman–Crippen MR) is 203 cm³/mol. The van der Waals surface area contributed by atoms with E-state index in [1.165, 1.54) is 0 Å². The first-order valence-corrected chi connectivity index (χ1v) is 18.2. The van der Waals surface area contributed by atoms with E-state index >= 15 is 35.1 Å². The van der Waals surface area contributed by atoms with Gasteiger partial charge in [-0.25, -0.2) is 97.8 Å². The molecular weight excluding hydrogens is 989 g/mol. The van der Waals surface area contributed by atoms with Crippen molar-refractivity contribution in [2.75, 3.05) is 0 Å². The smallest absolute Gasteiger partial charge is 0.657 e. The van der Waals surface area contributed by atoms with E-state index in [0.29, 0.717) is 48.6 Å². The fourth-order valence-electron chi connectivity index (χ4n) is 7.41. The summed E-state index contributed by atoms with van der Waals surface area (Å²) < 4.78 is 303. The van der Waals surface area contributed by atoms with Crippen molar-refractivity contribution in [3.63, 3.8) is 0 Å². The molecule has 4 nitrogen and oxygen atoms in total. The van der Waals surface area contributed by atoms with E-state index in [1.54, 1.807) is 0 Å². The third kappa shape index (κ3) is 7.05. The van der Waals surface area contributed by atoms with Crippen LogP contribution < -0.4 is 9.97 Å². The summed E-state index contributed by atoms with van der Waals surface area (Å²) >= 11 is 0. The molecule has 8 bridgehead atoms. The van der Waals surface area contributed by atoms with E-state index in [9.17, 15) is 52.7 Å². The second kappa shape index (κ2) is 17.1. The van der Waals surface area contributed by atoms with E-state index < -0.39 is 206 Å². The van der Waals surface area contributed by atoms with Crippen molar-refractivity contribution in [2.24, 2.45) is 0 Å². The minimum absolute atomic E-state index is 0. The number of hydrogen-bond acceptors (Lipinski definition) is 2. The number of fused-ring (bicyclic) bond motifs is 8. The maximum atomic E-state index is 15.8. The van der Waals surface area contributed by atoms with Gasteiger partial charge in [0.2, 0.25) is 23.3 Å². The Morgan fingerprint density at radius 3 is 0.522 bits per heavy atom. The van der Waals surface area contributed by atoms with Gasteiger partial charge in [-0.2, -0.15) is 0 Å². The molecular formula is C44H8F20MgN4. The molecule has 7 aromatic rings. The average molecular weight is 997 g/mol. The number of hydrogen-bond donors (Lipinski definition) is 0. The summed E-state index contributed by atoms with van der Waals surface area (Å²) in [4.78, 5) is 15.6.